The molecule has 5 rings (SSSR count). The van der Waals surface area contributed by atoms with Gasteiger partial charge in [-0.1, -0.05) is 46.3 Å². The number of benzene rings is 3. The van der Waals surface area contributed by atoms with Crippen molar-refractivity contribution in [3.05, 3.63) is 87.2 Å². The third-order valence-electron chi connectivity index (χ3n) is 5.54. The Labute approximate surface area is 199 Å². The van der Waals surface area contributed by atoms with Crippen molar-refractivity contribution < 1.29 is 23.7 Å². The molecule has 0 spiro atoms. The first kappa shape index (κ1) is 21.0. The molecule has 2 N–H and O–H groups in total. The van der Waals surface area contributed by atoms with Crippen molar-refractivity contribution in [2.24, 2.45) is 5.73 Å². The van der Waals surface area contributed by atoms with Crippen LogP contribution in [0, 0.1) is 11.3 Å². The molecule has 0 amide bonds. The number of nitrogens with two attached hydrogens (primary N) is 1. The molecule has 3 aromatic rings. The second kappa shape index (κ2) is 8.60. The highest BCUT2D eigenvalue weighted by Crippen LogP contribution is 2.50. The number of methoxy groups -OCH3 is 1. The molecule has 2 heterocycles. The van der Waals surface area contributed by atoms with Crippen molar-refractivity contribution in [3.63, 3.8) is 0 Å². The molecule has 0 radical (unpaired) electrons. The van der Waals surface area contributed by atoms with Crippen molar-refractivity contribution in [3.8, 4) is 34.8 Å². The van der Waals surface area contributed by atoms with Crippen LogP contribution in [0.15, 0.2) is 70.5 Å². The molecule has 0 saturated heterocycles. The Balaban J connectivity index is 1.57. The first-order valence-corrected chi connectivity index (χ1v) is 10.9. The Morgan fingerprint density at radius 2 is 1.79 bits per heavy atom. The average molecular weight is 507 g/mol. The third-order valence-corrected chi connectivity index (χ3v) is 6.23. The Morgan fingerprint density at radius 3 is 2.52 bits per heavy atom. The molecule has 2 aliphatic heterocycles. The second-order valence-corrected chi connectivity index (χ2v) is 8.32. The Kier molecular flexibility index (Phi) is 5.48. The number of ether oxygens (including phenoxy) is 5. The Morgan fingerprint density at radius 1 is 1.03 bits per heavy atom. The first-order valence-electron chi connectivity index (χ1n) is 10.1. The van der Waals surface area contributed by atoms with Crippen LogP contribution >= 0.6 is 15.9 Å². The van der Waals surface area contributed by atoms with Crippen molar-refractivity contribution >= 4 is 15.9 Å². The van der Waals surface area contributed by atoms with Gasteiger partial charge in [0.25, 0.3) is 0 Å². The predicted molar refractivity (Wildman–Crippen MR) is 123 cm³/mol. The lowest BCUT2D eigenvalue weighted by Crippen LogP contribution is -2.21. The Hall–Kier alpha value is -3.83. The van der Waals surface area contributed by atoms with E-state index < -0.39 is 5.92 Å². The van der Waals surface area contributed by atoms with Crippen LogP contribution in [0.3, 0.4) is 0 Å². The lowest BCUT2D eigenvalue weighted by Gasteiger charge is -2.28. The minimum absolute atomic E-state index is 0.0455. The number of allylic oxidation sites excluding steroid dienone is 1. The SMILES string of the molecule is COc1cc(C2C(C#N)=C(N)Oc3cc4c(cc32)OCO4)c(Br)cc1OCc1ccccc1. The molecule has 166 valence electrons. The van der Waals surface area contributed by atoms with Crippen LogP contribution in [0.5, 0.6) is 28.7 Å². The fourth-order valence-electron chi connectivity index (χ4n) is 3.95. The maximum absolute atomic E-state index is 9.90. The van der Waals surface area contributed by atoms with E-state index in [0.29, 0.717) is 40.9 Å². The molecule has 8 heteroatoms. The first-order chi connectivity index (χ1) is 16.1. The molecule has 7 nitrogen and oxygen atoms in total. The third kappa shape index (κ3) is 3.81. The van der Waals surface area contributed by atoms with Crippen molar-refractivity contribution in [1.82, 2.24) is 0 Å². The minimum atomic E-state index is -0.500. The van der Waals surface area contributed by atoms with E-state index in [1.807, 2.05) is 48.5 Å². The molecule has 0 aromatic heterocycles. The van der Waals surface area contributed by atoms with E-state index in [1.165, 1.54) is 0 Å². The lowest BCUT2D eigenvalue weighted by molar-refractivity contribution is 0.174. The molecule has 2 aliphatic rings. The summed E-state index contributed by atoms with van der Waals surface area (Å²) in [5, 5.41) is 9.90. The van der Waals surface area contributed by atoms with Gasteiger partial charge in [-0.15, -0.1) is 0 Å². The number of halogens is 1. The standard InChI is InChI=1S/C25H19BrN2O5/c1-29-20-7-15(18(26)9-22(20)30-12-14-5-3-2-4-6-14)24-16-8-21-23(32-13-31-21)10-19(16)33-25(28)17(24)11-27/h2-10,24H,12-13,28H2,1H3. The zero-order chi connectivity index (χ0) is 22.9. The molecule has 0 aliphatic carbocycles. The summed E-state index contributed by atoms with van der Waals surface area (Å²) in [5.74, 6) is 2.33. The molecule has 0 saturated carbocycles. The summed E-state index contributed by atoms with van der Waals surface area (Å²) in [7, 11) is 1.58. The van der Waals surface area contributed by atoms with Crippen LogP contribution in [-0.4, -0.2) is 13.9 Å². The highest BCUT2D eigenvalue weighted by molar-refractivity contribution is 9.10. The normalized spacial score (nSPS) is 16.0. The average Bonchev–Trinajstić information content (AvgIpc) is 3.29. The predicted octanol–water partition coefficient (Wildman–Crippen LogP) is 4.98. The molecule has 3 aromatic carbocycles. The van der Waals surface area contributed by atoms with Crippen molar-refractivity contribution in [2.75, 3.05) is 13.9 Å². The van der Waals surface area contributed by atoms with E-state index in [1.54, 1.807) is 13.2 Å². The van der Waals surface area contributed by atoms with Crippen LogP contribution in [0.25, 0.3) is 0 Å². The van der Waals surface area contributed by atoms with Crippen LogP contribution < -0.4 is 29.4 Å². The summed E-state index contributed by atoms with van der Waals surface area (Å²) in [5.41, 5.74) is 8.98. The van der Waals surface area contributed by atoms with Crippen LogP contribution in [0.2, 0.25) is 0 Å². The highest BCUT2D eigenvalue weighted by atomic mass is 79.9. The van der Waals surface area contributed by atoms with Gasteiger partial charge in [-0.3, -0.25) is 0 Å². The number of rotatable bonds is 5. The molecular weight excluding hydrogens is 488 g/mol. The van der Waals surface area contributed by atoms with E-state index in [2.05, 4.69) is 22.0 Å². The van der Waals surface area contributed by atoms with E-state index in [-0.39, 0.29) is 12.7 Å². The number of hydrogen-bond acceptors (Lipinski definition) is 7. The van der Waals surface area contributed by atoms with Gasteiger partial charge in [0.2, 0.25) is 12.7 Å². The van der Waals surface area contributed by atoms with Gasteiger partial charge in [0.1, 0.15) is 24.0 Å². The van der Waals surface area contributed by atoms with Gasteiger partial charge in [-0.05, 0) is 29.3 Å². The summed E-state index contributed by atoms with van der Waals surface area (Å²) >= 11 is 3.66. The quantitative estimate of drug-likeness (QED) is 0.520. The molecule has 33 heavy (non-hydrogen) atoms. The van der Waals surface area contributed by atoms with Gasteiger partial charge >= 0.3 is 0 Å². The lowest BCUT2D eigenvalue weighted by atomic mass is 9.83. The van der Waals surface area contributed by atoms with Gasteiger partial charge in [0, 0.05) is 16.1 Å². The van der Waals surface area contributed by atoms with E-state index >= 15 is 0 Å². The topological polar surface area (TPSA) is 96.0 Å². The molecule has 1 unspecified atom stereocenters. The summed E-state index contributed by atoms with van der Waals surface area (Å²) in [6.07, 6.45) is 0. The van der Waals surface area contributed by atoms with E-state index in [4.69, 9.17) is 29.4 Å². The zero-order valence-corrected chi connectivity index (χ0v) is 19.2. The fourth-order valence-corrected chi connectivity index (χ4v) is 4.50. The molecular formula is C25H19BrN2O5. The van der Waals surface area contributed by atoms with Gasteiger partial charge in [-0.25, -0.2) is 0 Å². The largest absolute Gasteiger partial charge is 0.493 e. The van der Waals surface area contributed by atoms with Gasteiger partial charge in [-0.2, -0.15) is 5.26 Å². The fraction of sp³-hybridized carbons (Fsp3) is 0.160. The van der Waals surface area contributed by atoms with E-state index in [0.717, 1.165) is 21.2 Å². The van der Waals surface area contributed by atoms with Crippen LogP contribution in [0.1, 0.15) is 22.6 Å². The highest BCUT2D eigenvalue weighted by Gasteiger charge is 2.35. The summed E-state index contributed by atoms with van der Waals surface area (Å²) in [6, 6.07) is 19.3. The van der Waals surface area contributed by atoms with Crippen molar-refractivity contribution in [2.45, 2.75) is 12.5 Å². The molecule has 0 fully saturated rings. The van der Waals surface area contributed by atoms with Crippen LogP contribution in [0.4, 0.5) is 0 Å². The van der Waals surface area contributed by atoms with Crippen LogP contribution in [-0.2, 0) is 6.61 Å². The minimum Gasteiger partial charge on any atom is -0.493 e. The zero-order valence-electron chi connectivity index (χ0n) is 17.6. The summed E-state index contributed by atoms with van der Waals surface area (Å²) in [6.45, 7) is 0.519. The van der Waals surface area contributed by atoms with Crippen molar-refractivity contribution in [1.29, 1.82) is 5.26 Å². The van der Waals surface area contributed by atoms with Gasteiger partial charge in [0.05, 0.1) is 13.0 Å². The maximum Gasteiger partial charge on any atom is 0.231 e. The number of nitriles is 1. The monoisotopic (exact) mass is 506 g/mol. The second-order valence-electron chi connectivity index (χ2n) is 7.47. The molecule has 1 atom stereocenters. The number of fused-ring (bicyclic) bond motifs is 2. The van der Waals surface area contributed by atoms with E-state index in [9.17, 15) is 5.26 Å². The Bertz CT molecular complexity index is 1300. The smallest absolute Gasteiger partial charge is 0.231 e. The summed E-state index contributed by atoms with van der Waals surface area (Å²) in [4.78, 5) is 0. The summed E-state index contributed by atoms with van der Waals surface area (Å²) < 4.78 is 29.1. The van der Waals surface area contributed by atoms with Gasteiger partial charge in [0.15, 0.2) is 23.0 Å². The number of hydrogen-bond donors (Lipinski definition) is 1. The number of nitrogens with zero attached hydrogens (tertiary/aromatic N) is 1. The maximum atomic E-state index is 9.90. The van der Waals surface area contributed by atoms with Gasteiger partial charge < -0.3 is 29.4 Å². The molecule has 0 bridgehead atoms.